The van der Waals surface area contributed by atoms with E-state index in [9.17, 15) is 10.1 Å². The zero-order chi connectivity index (χ0) is 23.0. The van der Waals surface area contributed by atoms with Gasteiger partial charge in [-0.25, -0.2) is 5.43 Å². The van der Waals surface area contributed by atoms with E-state index in [-0.39, 0.29) is 0 Å². The molecule has 0 saturated heterocycles. The molecular formula is C27H20BrN3O2. The van der Waals surface area contributed by atoms with Crippen LogP contribution in [0.2, 0.25) is 0 Å². The van der Waals surface area contributed by atoms with Crippen LogP contribution in [0.3, 0.4) is 0 Å². The molecule has 33 heavy (non-hydrogen) atoms. The number of fused-ring (bicyclic) bond motifs is 1. The molecule has 0 unspecified atom stereocenters. The van der Waals surface area contributed by atoms with E-state index in [1.165, 1.54) is 17.0 Å². The summed E-state index contributed by atoms with van der Waals surface area (Å²) in [5.41, 5.74) is 4.95. The first-order chi connectivity index (χ1) is 16.2. The molecule has 0 saturated carbocycles. The number of hydrogen-bond acceptors (Lipinski definition) is 4. The van der Waals surface area contributed by atoms with Crippen LogP contribution in [0.4, 0.5) is 0 Å². The molecule has 0 spiro atoms. The first kappa shape index (κ1) is 22.3. The van der Waals surface area contributed by atoms with Gasteiger partial charge in [-0.05, 0) is 61.6 Å². The molecule has 1 atom stereocenters. The fraction of sp³-hybridized carbons (Fsp3) is 0.0741. The average molecular weight is 498 g/mol. The lowest BCUT2D eigenvalue weighted by Crippen LogP contribution is -2.24. The van der Waals surface area contributed by atoms with Gasteiger partial charge in [0.2, 0.25) is 0 Å². The molecular weight excluding hydrogens is 478 g/mol. The second kappa shape index (κ2) is 10.6. The summed E-state index contributed by atoms with van der Waals surface area (Å²) < 4.78 is 6.80. The lowest BCUT2D eigenvalue weighted by Gasteiger charge is -2.11. The second-order valence-corrected chi connectivity index (χ2v) is 8.18. The van der Waals surface area contributed by atoms with Crippen molar-refractivity contribution in [2.75, 3.05) is 0 Å². The van der Waals surface area contributed by atoms with Gasteiger partial charge in [0.1, 0.15) is 12.4 Å². The van der Waals surface area contributed by atoms with Gasteiger partial charge in [0.25, 0.3) is 5.91 Å². The van der Waals surface area contributed by atoms with Crippen molar-refractivity contribution in [3.63, 3.8) is 0 Å². The second-order valence-electron chi connectivity index (χ2n) is 7.32. The number of carbonyl (C=O) groups excluding carboxylic acids is 1. The summed E-state index contributed by atoms with van der Waals surface area (Å²) in [6.07, 6.45) is 1.52. The summed E-state index contributed by atoms with van der Waals surface area (Å²) in [5, 5.41) is 15.7. The van der Waals surface area contributed by atoms with Crippen molar-refractivity contribution < 1.29 is 9.53 Å². The number of benzene rings is 4. The van der Waals surface area contributed by atoms with E-state index >= 15 is 0 Å². The van der Waals surface area contributed by atoms with Crippen molar-refractivity contribution >= 4 is 38.8 Å². The number of hydrazone groups is 1. The zero-order valence-corrected chi connectivity index (χ0v) is 19.2. The number of hydrogen-bond donors (Lipinski definition) is 1. The highest BCUT2D eigenvalue weighted by Crippen LogP contribution is 2.27. The normalized spacial score (nSPS) is 11.8. The molecule has 6 heteroatoms. The highest BCUT2D eigenvalue weighted by atomic mass is 79.9. The van der Waals surface area contributed by atoms with Crippen molar-refractivity contribution in [1.82, 2.24) is 5.43 Å². The van der Waals surface area contributed by atoms with Gasteiger partial charge < -0.3 is 4.74 Å². The Labute approximate surface area is 200 Å². The molecule has 4 aromatic rings. The number of ether oxygens (including phenoxy) is 1. The van der Waals surface area contributed by atoms with Crippen LogP contribution in [0.25, 0.3) is 10.8 Å². The Kier molecular flexibility index (Phi) is 7.13. The van der Waals surface area contributed by atoms with Gasteiger partial charge in [0.05, 0.1) is 16.8 Å². The molecule has 0 aromatic heterocycles. The minimum atomic E-state index is -0.917. The molecule has 162 valence electrons. The fourth-order valence-electron chi connectivity index (χ4n) is 3.45. The van der Waals surface area contributed by atoms with E-state index in [2.05, 4.69) is 50.7 Å². The minimum Gasteiger partial charge on any atom is -0.488 e. The van der Waals surface area contributed by atoms with Gasteiger partial charge in [-0.15, -0.1) is 0 Å². The maximum atomic E-state index is 12.3. The molecule has 0 bridgehead atoms. The van der Waals surface area contributed by atoms with Crippen LogP contribution in [0, 0.1) is 11.3 Å². The van der Waals surface area contributed by atoms with Crippen molar-refractivity contribution in [3.8, 4) is 11.8 Å². The van der Waals surface area contributed by atoms with Crippen LogP contribution in [0.5, 0.6) is 5.75 Å². The average Bonchev–Trinajstić information content (AvgIpc) is 2.85. The van der Waals surface area contributed by atoms with Gasteiger partial charge in [-0.1, -0.05) is 72.8 Å². The Morgan fingerprint density at radius 1 is 1.03 bits per heavy atom. The van der Waals surface area contributed by atoms with Crippen LogP contribution >= 0.6 is 15.9 Å². The van der Waals surface area contributed by atoms with E-state index in [4.69, 9.17) is 4.74 Å². The Bertz CT molecular complexity index is 1340. The van der Waals surface area contributed by atoms with Crippen LogP contribution in [-0.2, 0) is 11.4 Å². The predicted octanol–water partition coefficient (Wildman–Crippen LogP) is 5.94. The number of nitriles is 1. The summed E-state index contributed by atoms with van der Waals surface area (Å²) in [7, 11) is 0. The summed E-state index contributed by atoms with van der Waals surface area (Å²) in [4.78, 5) is 12.3. The highest BCUT2D eigenvalue weighted by molar-refractivity contribution is 9.10. The number of nitrogens with zero attached hydrogens (tertiary/aromatic N) is 2. The molecule has 1 amide bonds. The maximum absolute atomic E-state index is 12.3. The SMILES string of the molecule is N#C[C@H](C(=O)N/N=C\c1ccc(OCc2cccc3ccccc23)c(Br)c1)c1ccccc1. The molecule has 0 aliphatic rings. The van der Waals surface area contributed by atoms with Gasteiger partial charge in [-0.2, -0.15) is 10.4 Å². The summed E-state index contributed by atoms with van der Waals surface area (Å²) in [6, 6.07) is 30.8. The van der Waals surface area contributed by atoms with Crippen molar-refractivity contribution in [3.05, 3.63) is 112 Å². The fourth-order valence-corrected chi connectivity index (χ4v) is 3.96. The molecule has 0 heterocycles. The lowest BCUT2D eigenvalue weighted by atomic mass is 10.0. The van der Waals surface area contributed by atoms with Crippen LogP contribution in [-0.4, -0.2) is 12.1 Å². The van der Waals surface area contributed by atoms with Crippen LogP contribution in [0.15, 0.2) is 101 Å². The molecule has 5 nitrogen and oxygen atoms in total. The van der Waals surface area contributed by atoms with Crippen molar-refractivity contribution in [2.24, 2.45) is 5.10 Å². The molecule has 0 radical (unpaired) electrons. The number of carbonyl (C=O) groups is 1. The van der Waals surface area contributed by atoms with Crippen molar-refractivity contribution in [2.45, 2.75) is 12.5 Å². The molecule has 4 rings (SSSR count). The third kappa shape index (κ3) is 5.46. The number of rotatable bonds is 7. The monoisotopic (exact) mass is 497 g/mol. The largest absolute Gasteiger partial charge is 0.488 e. The summed E-state index contributed by atoms with van der Waals surface area (Å²) in [6.45, 7) is 0.443. The van der Waals surface area contributed by atoms with E-state index in [0.717, 1.165) is 15.6 Å². The number of nitrogens with one attached hydrogen (secondary N) is 1. The van der Waals surface area contributed by atoms with Gasteiger partial charge in [0, 0.05) is 0 Å². The smallest absolute Gasteiger partial charge is 0.261 e. The van der Waals surface area contributed by atoms with E-state index in [0.29, 0.717) is 17.9 Å². The molecule has 0 fully saturated rings. The first-order valence-corrected chi connectivity index (χ1v) is 11.1. The van der Waals surface area contributed by atoms with Crippen molar-refractivity contribution in [1.29, 1.82) is 5.26 Å². The van der Waals surface area contributed by atoms with E-state index < -0.39 is 11.8 Å². The first-order valence-electron chi connectivity index (χ1n) is 10.3. The Hall–Kier alpha value is -3.95. The van der Waals surface area contributed by atoms with Crippen LogP contribution < -0.4 is 10.2 Å². The van der Waals surface area contributed by atoms with E-state index in [1.807, 2.05) is 48.5 Å². The van der Waals surface area contributed by atoms with E-state index in [1.54, 1.807) is 24.3 Å². The van der Waals surface area contributed by atoms with Crippen LogP contribution in [0.1, 0.15) is 22.6 Å². The zero-order valence-electron chi connectivity index (χ0n) is 17.6. The standard InChI is InChI=1S/C27H20BrN3O2/c28-25-15-19(17-30-31-27(32)24(16-29)21-7-2-1-3-8-21)13-14-26(25)33-18-22-11-6-10-20-9-4-5-12-23(20)22/h1-15,17,24H,18H2,(H,31,32)/b30-17-/t24-/m0/s1. The van der Waals surface area contributed by atoms with Gasteiger partial charge >= 0.3 is 0 Å². The molecule has 0 aliphatic carbocycles. The number of halogens is 1. The molecule has 4 aromatic carbocycles. The van der Waals surface area contributed by atoms with Gasteiger partial charge in [-0.3, -0.25) is 4.79 Å². The Balaban J connectivity index is 1.39. The third-order valence-electron chi connectivity index (χ3n) is 5.13. The predicted molar refractivity (Wildman–Crippen MR) is 133 cm³/mol. The summed E-state index contributed by atoms with van der Waals surface area (Å²) in [5.74, 6) is -0.688. The van der Waals surface area contributed by atoms with Gasteiger partial charge in [0.15, 0.2) is 5.92 Å². The topological polar surface area (TPSA) is 74.5 Å². The quantitative estimate of drug-likeness (QED) is 0.253. The molecule has 1 N–H and O–H groups in total. The molecule has 0 aliphatic heterocycles. The third-order valence-corrected chi connectivity index (χ3v) is 5.75. The highest BCUT2D eigenvalue weighted by Gasteiger charge is 2.19. The number of amides is 1. The minimum absolute atomic E-state index is 0.443. The summed E-state index contributed by atoms with van der Waals surface area (Å²) >= 11 is 3.54. The Morgan fingerprint density at radius 2 is 1.79 bits per heavy atom. The lowest BCUT2D eigenvalue weighted by molar-refractivity contribution is -0.121. The maximum Gasteiger partial charge on any atom is 0.261 e. The Morgan fingerprint density at radius 3 is 2.58 bits per heavy atom.